The fourth-order valence-corrected chi connectivity index (χ4v) is 2.77. The normalized spacial score (nSPS) is 14.0. The van der Waals surface area contributed by atoms with Crippen molar-refractivity contribution in [3.63, 3.8) is 0 Å². The van der Waals surface area contributed by atoms with Crippen molar-refractivity contribution in [3.05, 3.63) is 48.7 Å². The minimum absolute atomic E-state index is 0.0268. The van der Waals surface area contributed by atoms with Crippen molar-refractivity contribution in [2.24, 2.45) is 0 Å². The van der Waals surface area contributed by atoms with Crippen molar-refractivity contribution in [1.82, 2.24) is 9.55 Å². The molecule has 0 bridgehead atoms. The third kappa shape index (κ3) is 2.23. The molecule has 118 valence electrons. The summed E-state index contributed by atoms with van der Waals surface area (Å²) in [4.78, 5) is 4.49. The van der Waals surface area contributed by atoms with E-state index >= 15 is 0 Å². The van der Waals surface area contributed by atoms with E-state index in [2.05, 4.69) is 16.5 Å². The average Bonchev–Trinajstić information content (AvgIpc) is 3.33. The van der Waals surface area contributed by atoms with Gasteiger partial charge in [-0.15, -0.1) is 0 Å². The van der Waals surface area contributed by atoms with E-state index in [9.17, 15) is 0 Å². The Kier molecular flexibility index (Phi) is 3.22. The second kappa shape index (κ2) is 5.39. The standard InChI is InChI=1S/C17H16N2O4/c1-11(13-4-3-7-21-13)19-6-5-18-17(19)12-8-14(20-2)16-15(9-12)22-10-23-16/h3-9,11H,10H2,1-2H3/t11-/m1/s1. The predicted molar refractivity (Wildman–Crippen MR) is 82.9 cm³/mol. The zero-order valence-corrected chi connectivity index (χ0v) is 12.9. The van der Waals surface area contributed by atoms with E-state index in [-0.39, 0.29) is 12.8 Å². The van der Waals surface area contributed by atoms with Crippen LogP contribution in [0.15, 0.2) is 47.3 Å². The van der Waals surface area contributed by atoms with Crippen molar-refractivity contribution >= 4 is 0 Å². The number of hydrogen-bond acceptors (Lipinski definition) is 5. The first-order chi connectivity index (χ1) is 11.3. The van der Waals surface area contributed by atoms with Gasteiger partial charge in [-0.05, 0) is 31.2 Å². The first-order valence-electron chi connectivity index (χ1n) is 7.32. The molecule has 1 aliphatic rings. The number of nitrogens with zero attached hydrogens (tertiary/aromatic N) is 2. The molecule has 0 spiro atoms. The van der Waals surface area contributed by atoms with E-state index in [1.807, 2.05) is 30.5 Å². The topological polar surface area (TPSA) is 58.7 Å². The summed E-state index contributed by atoms with van der Waals surface area (Å²) in [6.07, 6.45) is 5.37. The molecular formula is C17H16N2O4. The molecule has 0 aliphatic carbocycles. The predicted octanol–water partition coefficient (Wildman–Crippen LogP) is 3.49. The molecule has 0 saturated heterocycles. The summed E-state index contributed by atoms with van der Waals surface area (Å²) in [7, 11) is 1.61. The van der Waals surface area contributed by atoms with Crippen LogP contribution in [-0.2, 0) is 0 Å². The summed E-state index contributed by atoms with van der Waals surface area (Å²) in [5, 5.41) is 0. The SMILES string of the molecule is COc1cc(-c2nccn2[C@H](C)c2ccco2)cc2c1OCO2. The number of benzene rings is 1. The van der Waals surface area contributed by atoms with Crippen molar-refractivity contribution < 1.29 is 18.6 Å². The Morgan fingerprint density at radius 3 is 3.00 bits per heavy atom. The van der Waals surface area contributed by atoms with Crippen molar-refractivity contribution in [1.29, 1.82) is 0 Å². The summed E-state index contributed by atoms with van der Waals surface area (Å²) in [5.41, 5.74) is 0.898. The molecule has 2 aromatic heterocycles. The minimum Gasteiger partial charge on any atom is -0.493 e. The Morgan fingerprint density at radius 2 is 2.22 bits per heavy atom. The fraction of sp³-hybridized carbons (Fsp3) is 0.235. The molecule has 1 aliphatic heterocycles. The number of furan rings is 1. The van der Waals surface area contributed by atoms with Crippen LogP contribution in [0.5, 0.6) is 17.2 Å². The van der Waals surface area contributed by atoms with Crippen LogP contribution in [-0.4, -0.2) is 23.5 Å². The van der Waals surface area contributed by atoms with Crippen LogP contribution in [0.1, 0.15) is 18.7 Å². The van der Waals surface area contributed by atoms with Gasteiger partial charge in [0, 0.05) is 18.0 Å². The van der Waals surface area contributed by atoms with E-state index in [0.717, 1.165) is 17.1 Å². The van der Waals surface area contributed by atoms with Gasteiger partial charge in [0.25, 0.3) is 0 Å². The maximum Gasteiger partial charge on any atom is 0.231 e. The molecule has 0 amide bonds. The van der Waals surface area contributed by atoms with Gasteiger partial charge < -0.3 is 23.2 Å². The second-order valence-corrected chi connectivity index (χ2v) is 5.26. The summed E-state index contributed by atoms with van der Waals surface area (Å²) in [5.74, 6) is 3.62. The fourth-order valence-electron chi connectivity index (χ4n) is 2.77. The van der Waals surface area contributed by atoms with Gasteiger partial charge in [0.15, 0.2) is 11.5 Å². The van der Waals surface area contributed by atoms with E-state index < -0.39 is 0 Å². The van der Waals surface area contributed by atoms with Gasteiger partial charge in [-0.2, -0.15) is 0 Å². The van der Waals surface area contributed by atoms with Gasteiger partial charge in [0.2, 0.25) is 12.5 Å². The molecule has 1 atom stereocenters. The van der Waals surface area contributed by atoms with Gasteiger partial charge in [0.1, 0.15) is 11.6 Å². The van der Waals surface area contributed by atoms with Crippen LogP contribution in [0.4, 0.5) is 0 Å². The monoisotopic (exact) mass is 312 g/mol. The molecule has 6 nitrogen and oxygen atoms in total. The summed E-state index contributed by atoms with van der Waals surface area (Å²) in [6.45, 7) is 2.26. The average molecular weight is 312 g/mol. The smallest absolute Gasteiger partial charge is 0.231 e. The first-order valence-corrected chi connectivity index (χ1v) is 7.32. The Balaban J connectivity index is 1.79. The second-order valence-electron chi connectivity index (χ2n) is 5.26. The number of rotatable bonds is 4. The zero-order chi connectivity index (χ0) is 15.8. The lowest BCUT2D eigenvalue weighted by atomic mass is 10.1. The number of hydrogen-bond donors (Lipinski definition) is 0. The number of ether oxygens (including phenoxy) is 3. The maximum absolute atomic E-state index is 5.51. The Bertz CT molecular complexity index is 823. The molecular weight excluding hydrogens is 296 g/mol. The Hall–Kier alpha value is -2.89. The maximum atomic E-state index is 5.51. The van der Waals surface area contributed by atoms with Gasteiger partial charge in [-0.3, -0.25) is 0 Å². The van der Waals surface area contributed by atoms with Crippen molar-refractivity contribution in [3.8, 4) is 28.6 Å². The molecule has 3 heterocycles. The third-order valence-electron chi connectivity index (χ3n) is 3.96. The molecule has 0 N–H and O–H groups in total. The van der Waals surface area contributed by atoms with Crippen LogP contribution >= 0.6 is 0 Å². The highest BCUT2D eigenvalue weighted by Gasteiger charge is 2.23. The number of methoxy groups -OCH3 is 1. The molecule has 4 rings (SSSR count). The van der Waals surface area contributed by atoms with Crippen molar-refractivity contribution in [2.75, 3.05) is 13.9 Å². The number of fused-ring (bicyclic) bond motifs is 1. The molecule has 6 heteroatoms. The Labute approximate surface area is 133 Å². The van der Waals surface area contributed by atoms with Crippen LogP contribution in [0.25, 0.3) is 11.4 Å². The van der Waals surface area contributed by atoms with E-state index in [1.54, 1.807) is 19.6 Å². The lowest BCUT2D eigenvalue weighted by Crippen LogP contribution is -2.06. The van der Waals surface area contributed by atoms with Crippen LogP contribution < -0.4 is 14.2 Å². The Morgan fingerprint density at radius 1 is 1.30 bits per heavy atom. The lowest BCUT2D eigenvalue weighted by Gasteiger charge is -2.15. The van der Waals surface area contributed by atoms with Gasteiger partial charge >= 0.3 is 0 Å². The van der Waals surface area contributed by atoms with Crippen LogP contribution in [0.2, 0.25) is 0 Å². The third-order valence-corrected chi connectivity index (χ3v) is 3.96. The zero-order valence-electron chi connectivity index (χ0n) is 12.9. The lowest BCUT2D eigenvalue weighted by molar-refractivity contribution is 0.171. The molecule has 1 aromatic carbocycles. The molecule has 0 unspecified atom stereocenters. The summed E-state index contributed by atoms with van der Waals surface area (Å²) in [6, 6.07) is 7.68. The number of imidazole rings is 1. The molecule has 0 fully saturated rings. The van der Waals surface area contributed by atoms with Gasteiger partial charge in [0.05, 0.1) is 19.4 Å². The quantitative estimate of drug-likeness (QED) is 0.738. The largest absolute Gasteiger partial charge is 0.493 e. The summed E-state index contributed by atoms with van der Waals surface area (Å²) >= 11 is 0. The molecule has 0 saturated carbocycles. The van der Waals surface area contributed by atoms with E-state index in [4.69, 9.17) is 18.6 Å². The van der Waals surface area contributed by atoms with E-state index in [1.165, 1.54) is 0 Å². The summed E-state index contributed by atoms with van der Waals surface area (Å²) < 4.78 is 23.9. The molecule has 3 aromatic rings. The minimum atomic E-state index is 0.0268. The van der Waals surface area contributed by atoms with E-state index in [0.29, 0.717) is 17.2 Å². The van der Waals surface area contributed by atoms with Crippen LogP contribution in [0.3, 0.4) is 0 Å². The van der Waals surface area contributed by atoms with Crippen LogP contribution in [0, 0.1) is 0 Å². The van der Waals surface area contributed by atoms with Crippen molar-refractivity contribution in [2.45, 2.75) is 13.0 Å². The molecule has 23 heavy (non-hydrogen) atoms. The van der Waals surface area contributed by atoms with Gasteiger partial charge in [-0.25, -0.2) is 4.98 Å². The molecule has 0 radical (unpaired) electrons. The highest BCUT2D eigenvalue weighted by Crippen LogP contribution is 2.44. The highest BCUT2D eigenvalue weighted by atomic mass is 16.7. The van der Waals surface area contributed by atoms with Gasteiger partial charge in [-0.1, -0.05) is 0 Å². The first kappa shape index (κ1) is 13.8. The highest BCUT2D eigenvalue weighted by molar-refractivity contribution is 5.67. The number of aromatic nitrogens is 2.